The zero-order valence-corrected chi connectivity index (χ0v) is 7.96. The molecule has 0 bridgehead atoms. The second kappa shape index (κ2) is 4.64. The minimum Gasteiger partial charge on any atom is -0.395 e. The highest BCUT2D eigenvalue weighted by atomic mass is 16.2. The van der Waals surface area contributed by atoms with Gasteiger partial charge in [-0.05, 0) is 26.0 Å². The highest BCUT2D eigenvalue weighted by Gasteiger charge is 1.92. The second-order valence-electron chi connectivity index (χ2n) is 2.91. The molecular formula is C11H13NO. The minimum absolute atomic E-state index is 0.121. The van der Waals surface area contributed by atoms with Crippen LogP contribution >= 0.6 is 0 Å². The predicted octanol–water partition coefficient (Wildman–Crippen LogP) is 1.43. The molecule has 2 nitrogen and oxygen atoms in total. The smallest absolute Gasteiger partial charge is 0.0540 e. The molecule has 1 aromatic heterocycles. The molecular weight excluding hydrogens is 162 g/mol. The number of aliphatic hydroxyl groups is 1. The number of pyridine rings is 1. The lowest BCUT2D eigenvalue weighted by Gasteiger charge is -1.96. The maximum atomic E-state index is 8.54. The fraction of sp³-hybridized carbons (Fsp3) is 0.364. The van der Waals surface area contributed by atoms with Crippen molar-refractivity contribution in [1.82, 2.24) is 4.98 Å². The number of aliphatic hydroxyl groups excluding tert-OH is 1. The van der Waals surface area contributed by atoms with Crippen molar-refractivity contribution in [2.75, 3.05) is 6.61 Å². The summed E-state index contributed by atoms with van der Waals surface area (Å²) in [6, 6.07) is 3.88. The Morgan fingerprint density at radius 3 is 2.46 bits per heavy atom. The third kappa shape index (κ3) is 3.27. The van der Waals surface area contributed by atoms with Crippen LogP contribution in [0.4, 0.5) is 0 Å². The summed E-state index contributed by atoms with van der Waals surface area (Å²) >= 11 is 0. The van der Waals surface area contributed by atoms with Gasteiger partial charge in [-0.2, -0.15) is 0 Å². The number of rotatable bonds is 1. The van der Waals surface area contributed by atoms with Crippen molar-refractivity contribution in [3.8, 4) is 11.8 Å². The van der Waals surface area contributed by atoms with Crippen molar-refractivity contribution in [2.45, 2.75) is 20.3 Å². The monoisotopic (exact) mass is 175 g/mol. The van der Waals surface area contributed by atoms with Crippen molar-refractivity contribution >= 4 is 0 Å². The van der Waals surface area contributed by atoms with Gasteiger partial charge < -0.3 is 5.11 Å². The summed E-state index contributed by atoms with van der Waals surface area (Å²) in [4.78, 5) is 4.25. The van der Waals surface area contributed by atoms with Gasteiger partial charge in [-0.25, -0.2) is 0 Å². The summed E-state index contributed by atoms with van der Waals surface area (Å²) in [6.45, 7) is 4.02. The van der Waals surface area contributed by atoms with Gasteiger partial charge in [0.05, 0.1) is 6.61 Å². The Kier molecular flexibility index (Phi) is 3.48. The van der Waals surface area contributed by atoms with Crippen LogP contribution in [0.5, 0.6) is 0 Å². The molecule has 0 aromatic carbocycles. The third-order valence-corrected chi connectivity index (χ3v) is 1.55. The van der Waals surface area contributed by atoms with Crippen molar-refractivity contribution in [3.05, 3.63) is 29.1 Å². The van der Waals surface area contributed by atoms with Gasteiger partial charge in [-0.1, -0.05) is 11.8 Å². The molecule has 0 saturated heterocycles. The number of aromatic nitrogens is 1. The van der Waals surface area contributed by atoms with Crippen LogP contribution in [0.25, 0.3) is 0 Å². The van der Waals surface area contributed by atoms with E-state index in [1.54, 1.807) is 0 Å². The van der Waals surface area contributed by atoms with Gasteiger partial charge in [0.1, 0.15) is 0 Å². The largest absolute Gasteiger partial charge is 0.395 e. The summed E-state index contributed by atoms with van der Waals surface area (Å²) in [6.07, 6.45) is 0.528. The molecule has 1 rings (SSSR count). The normalized spacial score (nSPS) is 9.15. The number of aryl methyl sites for hydroxylation is 2. The Bertz CT molecular complexity index is 327. The first-order chi connectivity index (χ1) is 6.22. The predicted molar refractivity (Wildman–Crippen MR) is 52.3 cm³/mol. The summed E-state index contributed by atoms with van der Waals surface area (Å²) in [7, 11) is 0. The summed E-state index contributed by atoms with van der Waals surface area (Å²) < 4.78 is 0. The van der Waals surface area contributed by atoms with Gasteiger partial charge in [-0.15, -0.1) is 0 Å². The van der Waals surface area contributed by atoms with Gasteiger partial charge in [-0.3, -0.25) is 4.98 Å². The van der Waals surface area contributed by atoms with Crippen LogP contribution in [0.15, 0.2) is 12.1 Å². The van der Waals surface area contributed by atoms with E-state index < -0.39 is 0 Å². The topological polar surface area (TPSA) is 33.1 Å². The Hall–Kier alpha value is -1.33. The SMILES string of the molecule is Cc1cc(C#CCCO)cc(C)n1. The summed E-state index contributed by atoms with van der Waals surface area (Å²) in [5, 5.41) is 8.54. The van der Waals surface area contributed by atoms with Gasteiger partial charge >= 0.3 is 0 Å². The first-order valence-corrected chi connectivity index (χ1v) is 4.27. The van der Waals surface area contributed by atoms with Gasteiger partial charge in [0.25, 0.3) is 0 Å². The zero-order chi connectivity index (χ0) is 9.68. The van der Waals surface area contributed by atoms with Gasteiger partial charge in [0, 0.05) is 23.4 Å². The van der Waals surface area contributed by atoms with Crippen LogP contribution < -0.4 is 0 Å². The highest BCUT2D eigenvalue weighted by molar-refractivity contribution is 5.36. The maximum absolute atomic E-state index is 8.54. The lowest BCUT2D eigenvalue weighted by Crippen LogP contribution is -1.87. The molecule has 0 radical (unpaired) electrons. The highest BCUT2D eigenvalue weighted by Crippen LogP contribution is 2.02. The molecule has 1 heterocycles. The Morgan fingerprint density at radius 1 is 1.31 bits per heavy atom. The number of hydrogen-bond donors (Lipinski definition) is 1. The maximum Gasteiger partial charge on any atom is 0.0540 e. The molecule has 0 amide bonds. The van der Waals surface area contributed by atoms with E-state index in [1.165, 1.54) is 0 Å². The van der Waals surface area contributed by atoms with E-state index in [4.69, 9.17) is 5.11 Å². The first kappa shape index (κ1) is 9.76. The van der Waals surface area contributed by atoms with Gasteiger partial charge in [0.15, 0.2) is 0 Å². The first-order valence-electron chi connectivity index (χ1n) is 4.27. The van der Waals surface area contributed by atoms with E-state index in [9.17, 15) is 0 Å². The van der Waals surface area contributed by atoms with E-state index in [2.05, 4.69) is 16.8 Å². The van der Waals surface area contributed by atoms with Crippen LogP contribution in [0.1, 0.15) is 23.4 Å². The van der Waals surface area contributed by atoms with E-state index >= 15 is 0 Å². The standard InChI is InChI=1S/C11H13NO/c1-9-7-11(5-3-4-6-13)8-10(2)12-9/h7-8,13H,4,6H2,1-2H3. The van der Waals surface area contributed by atoms with E-state index in [0.717, 1.165) is 17.0 Å². The Balaban J connectivity index is 2.85. The molecule has 0 saturated carbocycles. The van der Waals surface area contributed by atoms with Crippen molar-refractivity contribution in [3.63, 3.8) is 0 Å². The van der Waals surface area contributed by atoms with Crippen molar-refractivity contribution in [2.24, 2.45) is 0 Å². The average Bonchev–Trinajstić information content (AvgIpc) is 2.03. The molecule has 1 aromatic rings. The zero-order valence-electron chi connectivity index (χ0n) is 7.96. The molecule has 2 heteroatoms. The molecule has 13 heavy (non-hydrogen) atoms. The van der Waals surface area contributed by atoms with E-state index in [0.29, 0.717) is 6.42 Å². The molecule has 0 fully saturated rings. The Labute approximate surface area is 78.6 Å². The average molecular weight is 175 g/mol. The number of hydrogen-bond acceptors (Lipinski definition) is 2. The van der Waals surface area contributed by atoms with Crippen LogP contribution in [0.2, 0.25) is 0 Å². The van der Waals surface area contributed by atoms with Crippen LogP contribution in [0.3, 0.4) is 0 Å². The third-order valence-electron chi connectivity index (χ3n) is 1.55. The Morgan fingerprint density at radius 2 is 1.92 bits per heavy atom. The van der Waals surface area contributed by atoms with Crippen molar-refractivity contribution < 1.29 is 5.11 Å². The van der Waals surface area contributed by atoms with Crippen LogP contribution in [-0.2, 0) is 0 Å². The second-order valence-corrected chi connectivity index (χ2v) is 2.91. The van der Waals surface area contributed by atoms with Crippen LogP contribution in [0, 0.1) is 25.7 Å². The summed E-state index contributed by atoms with van der Waals surface area (Å²) in [5.74, 6) is 5.86. The van der Waals surface area contributed by atoms with Gasteiger partial charge in [0.2, 0.25) is 0 Å². The molecule has 0 aliphatic carbocycles. The molecule has 68 valence electrons. The van der Waals surface area contributed by atoms with Crippen LogP contribution in [-0.4, -0.2) is 16.7 Å². The molecule has 0 aliphatic heterocycles. The van der Waals surface area contributed by atoms with E-state index in [1.807, 2.05) is 26.0 Å². The quantitative estimate of drug-likeness (QED) is 0.655. The fourth-order valence-corrected chi connectivity index (χ4v) is 1.13. The molecule has 1 N–H and O–H groups in total. The fourth-order valence-electron chi connectivity index (χ4n) is 1.13. The summed E-state index contributed by atoms with van der Waals surface area (Å²) in [5.41, 5.74) is 2.93. The van der Waals surface area contributed by atoms with E-state index in [-0.39, 0.29) is 6.61 Å². The molecule has 0 aliphatic rings. The van der Waals surface area contributed by atoms with Crippen molar-refractivity contribution in [1.29, 1.82) is 0 Å². The number of nitrogens with zero attached hydrogens (tertiary/aromatic N) is 1. The molecule has 0 unspecified atom stereocenters. The lowest BCUT2D eigenvalue weighted by atomic mass is 10.2. The minimum atomic E-state index is 0.121. The molecule has 0 atom stereocenters. The lowest BCUT2D eigenvalue weighted by molar-refractivity contribution is 0.305. The molecule has 0 spiro atoms.